The number of esters is 1. The number of fused-ring (bicyclic) bond motifs is 1. The van der Waals surface area contributed by atoms with Crippen LogP contribution < -0.4 is 20.7 Å². The molecule has 0 amide bonds. The van der Waals surface area contributed by atoms with Gasteiger partial charge in [0.2, 0.25) is 5.88 Å². The molecule has 1 aromatic heterocycles. The summed E-state index contributed by atoms with van der Waals surface area (Å²) >= 11 is 0. The van der Waals surface area contributed by atoms with Gasteiger partial charge in [0.05, 0.1) is 14.2 Å². The normalized spacial score (nSPS) is 19.0. The topological polar surface area (TPSA) is 120 Å². The highest BCUT2D eigenvalue weighted by Gasteiger charge is 2.40. The third kappa shape index (κ3) is 2.97. The number of rotatable bonds is 4. The summed E-state index contributed by atoms with van der Waals surface area (Å²) in [5, 5.41) is 10.9. The first-order valence-corrected chi connectivity index (χ1v) is 9.51. The van der Waals surface area contributed by atoms with Crippen molar-refractivity contribution in [3.63, 3.8) is 0 Å². The minimum absolute atomic E-state index is 0.131. The summed E-state index contributed by atoms with van der Waals surface area (Å²) in [6.45, 7) is 0. The summed E-state index contributed by atoms with van der Waals surface area (Å²) in [7, 11) is 2.84. The molecular formula is C20H22N2O7. The van der Waals surface area contributed by atoms with Crippen LogP contribution in [0.4, 0.5) is 0 Å². The minimum atomic E-state index is -1.16. The number of aromatic nitrogens is 2. The van der Waals surface area contributed by atoms with Gasteiger partial charge in [-0.3, -0.25) is 14.3 Å². The molecule has 1 fully saturated rings. The number of ether oxygens (including phenoxy) is 3. The first-order chi connectivity index (χ1) is 14.0. The van der Waals surface area contributed by atoms with Crippen molar-refractivity contribution in [2.24, 2.45) is 0 Å². The number of nitrogens with one attached hydrogen (secondary N) is 1. The van der Waals surface area contributed by atoms with Crippen molar-refractivity contribution in [1.29, 1.82) is 0 Å². The largest absolute Gasteiger partial charge is 0.494 e. The maximum Gasteiger partial charge on any atom is 0.343 e. The summed E-state index contributed by atoms with van der Waals surface area (Å²) in [6.07, 6.45) is 3.23. The molecular weight excluding hydrogens is 380 g/mol. The highest BCUT2D eigenvalue weighted by atomic mass is 16.6. The predicted octanol–water partition coefficient (Wildman–Crippen LogP) is 2.02. The Morgan fingerprint density at radius 3 is 2.48 bits per heavy atom. The highest BCUT2D eigenvalue weighted by Crippen LogP contribution is 2.45. The van der Waals surface area contributed by atoms with Crippen LogP contribution in [0.15, 0.2) is 21.7 Å². The zero-order valence-electron chi connectivity index (χ0n) is 16.2. The fourth-order valence-corrected chi connectivity index (χ4v) is 4.28. The van der Waals surface area contributed by atoms with E-state index in [1.165, 1.54) is 18.8 Å². The molecule has 2 heterocycles. The first-order valence-electron chi connectivity index (χ1n) is 9.51. The summed E-state index contributed by atoms with van der Waals surface area (Å²) in [5.74, 6) is -0.635. The Labute approximate surface area is 165 Å². The number of hydrogen-bond donors (Lipinski definition) is 2. The second-order valence-corrected chi connectivity index (χ2v) is 7.21. The predicted molar refractivity (Wildman–Crippen MR) is 102 cm³/mol. The number of methoxy groups -OCH3 is 2. The number of benzene rings is 1. The van der Waals surface area contributed by atoms with Crippen LogP contribution in [0.2, 0.25) is 0 Å². The number of aromatic hydroxyl groups is 1. The quantitative estimate of drug-likeness (QED) is 0.751. The van der Waals surface area contributed by atoms with Gasteiger partial charge in [0.1, 0.15) is 11.1 Å². The molecule has 0 saturated heterocycles. The first kappa shape index (κ1) is 19.1. The molecule has 1 atom stereocenters. The number of cyclic esters (lactones) is 1. The van der Waals surface area contributed by atoms with E-state index in [0.717, 1.165) is 32.1 Å². The molecule has 9 nitrogen and oxygen atoms in total. The Balaban J connectivity index is 1.89. The van der Waals surface area contributed by atoms with E-state index in [1.807, 2.05) is 0 Å². The second-order valence-electron chi connectivity index (χ2n) is 7.21. The third-order valence-electron chi connectivity index (χ3n) is 5.64. The lowest BCUT2D eigenvalue weighted by Crippen LogP contribution is -2.36. The summed E-state index contributed by atoms with van der Waals surface area (Å²) < 4.78 is 17.2. The van der Waals surface area contributed by atoms with Gasteiger partial charge in [0.15, 0.2) is 17.6 Å². The van der Waals surface area contributed by atoms with E-state index in [4.69, 9.17) is 14.2 Å². The van der Waals surface area contributed by atoms with Crippen molar-refractivity contribution in [3.05, 3.63) is 49.7 Å². The van der Waals surface area contributed by atoms with Crippen LogP contribution in [0.25, 0.3) is 0 Å². The second kappa shape index (κ2) is 7.31. The Morgan fingerprint density at radius 2 is 1.83 bits per heavy atom. The maximum atomic E-state index is 12.6. The zero-order valence-corrected chi connectivity index (χ0v) is 16.2. The van der Waals surface area contributed by atoms with E-state index in [0.29, 0.717) is 11.3 Å². The molecule has 0 spiro atoms. The third-order valence-corrected chi connectivity index (χ3v) is 5.64. The lowest BCUT2D eigenvalue weighted by molar-refractivity contribution is 0.0445. The van der Waals surface area contributed by atoms with E-state index in [-0.39, 0.29) is 22.9 Å². The smallest absolute Gasteiger partial charge is 0.343 e. The lowest BCUT2D eigenvalue weighted by atomic mass is 9.94. The van der Waals surface area contributed by atoms with Crippen molar-refractivity contribution in [2.75, 3.05) is 14.2 Å². The van der Waals surface area contributed by atoms with Crippen LogP contribution in [-0.4, -0.2) is 34.8 Å². The molecule has 0 unspecified atom stereocenters. The molecule has 2 aromatic rings. The van der Waals surface area contributed by atoms with E-state index in [9.17, 15) is 19.5 Å². The highest BCUT2D eigenvalue weighted by molar-refractivity contribution is 5.98. The van der Waals surface area contributed by atoms with Gasteiger partial charge in [-0.15, -0.1) is 0 Å². The van der Waals surface area contributed by atoms with Gasteiger partial charge in [-0.05, 0) is 18.9 Å². The fraction of sp³-hybridized carbons (Fsp3) is 0.450. The standard InChI is InChI=1S/C20H22N2O7/c1-27-12-9-8-11-13(16(12)28-2)19(25)29-15(11)14-17(23)21-20(26)22(18(14)24)10-6-4-3-5-7-10/h8-10,15,24H,3-7H2,1-2H3,(H,21,23,26)/t15-/m0/s1. The van der Waals surface area contributed by atoms with Crippen molar-refractivity contribution >= 4 is 5.97 Å². The number of hydrogen-bond acceptors (Lipinski definition) is 7. The Bertz CT molecular complexity index is 1080. The van der Waals surface area contributed by atoms with Gasteiger partial charge >= 0.3 is 11.7 Å². The molecule has 1 aliphatic carbocycles. The average Bonchev–Trinajstić information content (AvgIpc) is 3.04. The summed E-state index contributed by atoms with van der Waals surface area (Å²) in [5.41, 5.74) is -1.14. The number of aromatic amines is 1. The van der Waals surface area contributed by atoms with E-state index in [1.54, 1.807) is 12.1 Å². The van der Waals surface area contributed by atoms with Crippen LogP contribution in [-0.2, 0) is 4.74 Å². The number of H-pyrrole nitrogens is 1. The number of carbonyl (C=O) groups is 1. The van der Waals surface area contributed by atoms with Crippen LogP contribution in [0.3, 0.4) is 0 Å². The molecule has 1 saturated carbocycles. The van der Waals surface area contributed by atoms with Crippen molar-refractivity contribution in [3.8, 4) is 17.4 Å². The zero-order chi connectivity index (χ0) is 20.7. The van der Waals surface area contributed by atoms with Gasteiger partial charge in [-0.1, -0.05) is 25.3 Å². The monoisotopic (exact) mass is 402 g/mol. The molecule has 9 heteroatoms. The van der Waals surface area contributed by atoms with E-state index < -0.39 is 29.2 Å². The minimum Gasteiger partial charge on any atom is -0.494 e. The van der Waals surface area contributed by atoms with Gasteiger partial charge in [-0.25, -0.2) is 9.59 Å². The van der Waals surface area contributed by atoms with E-state index >= 15 is 0 Å². The molecule has 4 rings (SSSR count). The molecule has 2 N–H and O–H groups in total. The SMILES string of the molecule is COc1ccc2c(c1OC)C(=O)O[C@@H]2c1c(O)n(C2CCCCC2)c(=O)[nH]c1=O. The maximum absolute atomic E-state index is 12.6. The van der Waals surface area contributed by atoms with Crippen LogP contribution in [0.1, 0.15) is 65.7 Å². The van der Waals surface area contributed by atoms with Crippen LogP contribution >= 0.6 is 0 Å². The fourth-order valence-electron chi connectivity index (χ4n) is 4.28. The summed E-state index contributed by atoms with van der Waals surface area (Å²) in [4.78, 5) is 39.8. The van der Waals surface area contributed by atoms with Gasteiger partial charge < -0.3 is 19.3 Å². The van der Waals surface area contributed by atoms with Gasteiger partial charge in [0.25, 0.3) is 5.56 Å². The lowest BCUT2D eigenvalue weighted by Gasteiger charge is -2.25. The van der Waals surface area contributed by atoms with Crippen molar-refractivity contribution in [1.82, 2.24) is 9.55 Å². The number of carbonyl (C=O) groups excluding carboxylic acids is 1. The van der Waals surface area contributed by atoms with Gasteiger partial charge in [0, 0.05) is 11.6 Å². The average molecular weight is 402 g/mol. The van der Waals surface area contributed by atoms with E-state index in [2.05, 4.69) is 4.98 Å². The Kier molecular flexibility index (Phi) is 4.81. The van der Waals surface area contributed by atoms with Crippen molar-refractivity contribution < 1.29 is 24.1 Å². The summed E-state index contributed by atoms with van der Waals surface area (Å²) in [6, 6.07) is 2.96. The van der Waals surface area contributed by atoms with Gasteiger partial charge in [-0.2, -0.15) is 0 Å². The van der Waals surface area contributed by atoms with Crippen molar-refractivity contribution in [2.45, 2.75) is 44.2 Å². The Morgan fingerprint density at radius 1 is 1.10 bits per heavy atom. The molecule has 1 aromatic carbocycles. The molecule has 2 aliphatic rings. The Hall–Kier alpha value is -3.23. The molecule has 0 radical (unpaired) electrons. The molecule has 0 bridgehead atoms. The van der Waals surface area contributed by atoms with Crippen LogP contribution in [0.5, 0.6) is 17.4 Å². The van der Waals surface area contributed by atoms with Crippen LogP contribution in [0, 0.1) is 0 Å². The molecule has 29 heavy (non-hydrogen) atoms. The molecule has 1 aliphatic heterocycles. The number of nitrogens with zero attached hydrogens (tertiary/aromatic N) is 1. The molecule has 154 valence electrons.